The summed E-state index contributed by atoms with van der Waals surface area (Å²) in [7, 11) is 0. The third-order valence-corrected chi connectivity index (χ3v) is 6.75. The zero-order valence-electron chi connectivity index (χ0n) is 20.3. The molecule has 0 radical (unpaired) electrons. The number of benzene rings is 1. The van der Waals surface area contributed by atoms with Crippen LogP contribution in [0.3, 0.4) is 0 Å². The van der Waals surface area contributed by atoms with E-state index in [1.807, 2.05) is 67.7 Å². The summed E-state index contributed by atoms with van der Waals surface area (Å²) < 4.78 is 2.20. The van der Waals surface area contributed by atoms with Gasteiger partial charge in [0, 0.05) is 42.4 Å². The first-order valence-corrected chi connectivity index (χ1v) is 12.4. The maximum Gasteiger partial charge on any atom is 0.226 e. The van der Waals surface area contributed by atoms with Gasteiger partial charge in [-0.3, -0.25) is 14.8 Å². The molecule has 7 nitrogen and oxygen atoms in total. The van der Waals surface area contributed by atoms with Gasteiger partial charge < -0.3 is 20.1 Å². The van der Waals surface area contributed by atoms with E-state index in [0.29, 0.717) is 18.1 Å². The van der Waals surface area contributed by atoms with Crippen molar-refractivity contribution < 1.29 is 4.79 Å². The summed E-state index contributed by atoms with van der Waals surface area (Å²) in [5.74, 6) is -0.0535. The van der Waals surface area contributed by atoms with Gasteiger partial charge in [0.25, 0.3) is 0 Å². The molecule has 36 heavy (non-hydrogen) atoms. The molecule has 182 valence electrons. The fraction of sp³-hybridized carbons (Fsp3) is 0.214. The molecule has 1 aliphatic rings. The first-order chi connectivity index (χ1) is 17.5. The summed E-state index contributed by atoms with van der Waals surface area (Å²) in [6, 6.07) is 21.6. The SMILES string of the molecule is Cc1cccc(NC(=O)CCN2C(=S)N[C@@H](c3ccccn3)[C@H]2c2ccc(C)n2-c2cccnc2)c1. The van der Waals surface area contributed by atoms with E-state index in [2.05, 4.69) is 49.1 Å². The highest BCUT2D eigenvalue weighted by molar-refractivity contribution is 7.80. The fourth-order valence-corrected chi connectivity index (χ4v) is 5.10. The smallest absolute Gasteiger partial charge is 0.226 e. The Morgan fingerprint density at radius 3 is 2.69 bits per heavy atom. The zero-order chi connectivity index (χ0) is 25.1. The second-order valence-electron chi connectivity index (χ2n) is 8.93. The van der Waals surface area contributed by atoms with Crippen LogP contribution in [0.1, 0.15) is 41.1 Å². The lowest BCUT2D eigenvalue weighted by molar-refractivity contribution is -0.116. The topological polar surface area (TPSA) is 75.1 Å². The van der Waals surface area contributed by atoms with Gasteiger partial charge in [-0.25, -0.2) is 0 Å². The van der Waals surface area contributed by atoms with E-state index in [9.17, 15) is 4.79 Å². The summed E-state index contributed by atoms with van der Waals surface area (Å²) in [6.07, 6.45) is 5.71. The molecule has 2 atom stereocenters. The Morgan fingerprint density at radius 1 is 1.06 bits per heavy atom. The number of aromatic nitrogens is 3. The second kappa shape index (κ2) is 10.3. The van der Waals surface area contributed by atoms with E-state index in [-0.39, 0.29) is 18.0 Å². The molecule has 2 N–H and O–H groups in total. The third-order valence-electron chi connectivity index (χ3n) is 6.39. The predicted octanol–water partition coefficient (Wildman–Crippen LogP) is 4.89. The highest BCUT2D eigenvalue weighted by Crippen LogP contribution is 2.40. The lowest BCUT2D eigenvalue weighted by Gasteiger charge is -2.29. The maximum atomic E-state index is 12.8. The van der Waals surface area contributed by atoms with E-state index in [1.54, 1.807) is 12.4 Å². The van der Waals surface area contributed by atoms with Crippen molar-refractivity contribution in [3.63, 3.8) is 0 Å². The number of nitrogens with one attached hydrogen (secondary N) is 2. The molecule has 0 bridgehead atoms. The number of carbonyl (C=O) groups is 1. The van der Waals surface area contributed by atoms with E-state index in [0.717, 1.165) is 34.0 Å². The van der Waals surface area contributed by atoms with Gasteiger partial charge in [0.1, 0.15) is 0 Å². The van der Waals surface area contributed by atoms with Gasteiger partial charge in [-0.15, -0.1) is 0 Å². The molecule has 4 aromatic rings. The van der Waals surface area contributed by atoms with Crippen molar-refractivity contribution in [2.24, 2.45) is 0 Å². The van der Waals surface area contributed by atoms with Crippen molar-refractivity contribution >= 4 is 28.9 Å². The largest absolute Gasteiger partial charge is 0.352 e. The van der Waals surface area contributed by atoms with E-state index < -0.39 is 0 Å². The zero-order valence-corrected chi connectivity index (χ0v) is 21.1. The van der Waals surface area contributed by atoms with Crippen LogP contribution in [0, 0.1) is 13.8 Å². The maximum absolute atomic E-state index is 12.8. The lowest BCUT2D eigenvalue weighted by atomic mass is 10.0. The van der Waals surface area contributed by atoms with Gasteiger partial charge in [0.05, 0.1) is 29.7 Å². The number of rotatable bonds is 7. The second-order valence-corrected chi connectivity index (χ2v) is 9.32. The van der Waals surface area contributed by atoms with Crippen molar-refractivity contribution in [1.29, 1.82) is 0 Å². The van der Waals surface area contributed by atoms with Crippen LogP contribution in [0.5, 0.6) is 0 Å². The minimum absolute atomic E-state index is 0.0535. The van der Waals surface area contributed by atoms with Crippen molar-refractivity contribution in [1.82, 2.24) is 24.8 Å². The first kappa shape index (κ1) is 23.7. The fourth-order valence-electron chi connectivity index (χ4n) is 4.76. The molecule has 8 heteroatoms. The Morgan fingerprint density at radius 2 is 1.94 bits per heavy atom. The van der Waals surface area contributed by atoms with Gasteiger partial charge in [0.15, 0.2) is 5.11 Å². The highest BCUT2D eigenvalue weighted by Gasteiger charge is 2.41. The number of pyridine rings is 2. The summed E-state index contributed by atoms with van der Waals surface area (Å²) >= 11 is 5.79. The number of hydrogen-bond donors (Lipinski definition) is 2. The van der Waals surface area contributed by atoms with Crippen LogP contribution < -0.4 is 10.6 Å². The van der Waals surface area contributed by atoms with E-state index in [4.69, 9.17) is 12.2 Å². The Bertz CT molecular complexity index is 1370. The monoisotopic (exact) mass is 496 g/mol. The molecule has 0 spiro atoms. The van der Waals surface area contributed by atoms with Crippen LogP contribution in [-0.4, -0.2) is 37.0 Å². The number of aryl methyl sites for hydroxylation is 2. The average molecular weight is 497 g/mol. The van der Waals surface area contributed by atoms with Crippen molar-refractivity contribution in [2.45, 2.75) is 32.4 Å². The standard InChI is InChI=1S/C28H28N6OS/c1-19-7-5-8-21(17-19)31-25(35)13-16-33-27(26(32-28(33)36)23-10-3-4-15-30-23)24-12-11-20(2)34(24)22-9-6-14-29-18-22/h3-12,14-15,17-18,26-27H,13,16H2,1-2H3,(H,31,35)(H,32,36)/t26-,27+/m0/s1. The van der Waals surface area contributed by atoms with Crippen LogP contribution in [0.25, 0.3) is 5.69 Å². The Labute approximate surface area is 216 Å². The molecule has 3 aromatic heterocycles. The average Bonchev–Trinajstić information content (AvgIpc) is 3.42. The number of carbonyl (C=O) groups excluding carboxylic acids is 1. The van der Waals surface area contributed by atoms with Gasteiger partial charge in [0.2, 0.25) is 5.91 Å². The molecule has 4 heterocycles. The molecular formula is C28H28N6OS. The van der Waals surface area contributed by atoms with Gasteiger partial charge >= 0.3 is 0 Å². The summed E-state index contributed by atoms with van der Waals surface area (Å²) in [4.78, 5) is 23.9. The molecule has 0 unspecified atom stereocenters. The summed E-state index contributed by atoms with van der Waals surface area (Å²) in [5.41, 5.74) is 5.92. The van der Waals surface area contributed by atoms with Crippen molar-refractivity contribution in [3.05, 3.63) is 108 Å². The van der Waals surface area contributed by atoms with Crippen LogP contribution in [0.4, 0.5) is 5.69 Å². The molecule has 1 amide bonds. The molecule has 0 saturated carbocycles. The molecule has 1 saturated heterocycles. The van der Waals surface area contributed by atoms with Crippen LogP contribution >= 0.6 is 12.2 Å². The number of hydrogen-bond acceptors (Lipinski definition) is 4. The normalized spacial score (nSPS) is 17.2. The van der Waals surface area contributed by atoms with Gasteiger partial charge in [-0.1, -0.05) is 18.2 Å². The van der Waals surface area contributed by atoms with E-state index in [1.165, 1.54) is 0 Å². The van der Waals surface area contributed by atoms with Crippen LogP contribution in [0.15, 0.2) is 85.3 Å². The Kier molecular flexibility index (Phi) is 6.77. The number of anilines is 1. The number of amides is 1. The van der Waals surface area contributed by atoms with Gasteiger partial charge in [-0.2, -0.15) is 0 Å². The minimum Gasteiger partial charge on any atom is -0.352 e. The van der Waals surface area contributed by atoms with Crippen molar-refractivity contribution in [2.75, 3.05) is 11.9 Å². The Hall–Kier alpha value is -4.04. The molecule has 1 fully saturated rings. The van der Waals surface area contributed by atoms with Crippen LogP contribution in [-0.2, 0) is 4.79 Å². The highest BCUT2D eigenvalue weighted by atomic mass is 32.1. The lowest BCUT2D eigenvalue weighted by Crippen LogP contribution is -2.33. The molecule has 1 aromatic carbocycles. The molecule has 0 aliphatic carbocycles. The number of thiocarbonyl (C=S) groups is 1. The summed E-state index contributed by atoms with van der Waals surface area (Å²) in [5, 5.41) is 7.08. The third kappa shape index (κ3) is 4.85. The summed E-state index contributed by atoms with van der Waals surface area (Å²) in [6.45, 7) is 4.55. The van der Waals surface area contributed by atoms with E-state index >= 15 is 0 Å². The predicted molar refractivity (Wildman–Crippen MR) is 145 cm³/mol. The molecular weight excluding hydrogens is 468 g/mol. The minimum atomic E-state index is -0.164. The number of nitrogens with zero attached hydrogens (tertiary/aromatic N) is 4. The molecule has 5 rings (SSSR count). The van der Waals surface area contributed by atoms with Gasteiger partial charge in [-0.05, 0) is 80.2 Å². The van der Waals surface area contributed by atoms with Crippen LogP contribution in [0.2, 0.25) is 0 Å². The Balaban J connectivity index is 1.46. The first-order valence-electron chi connectivity index (χ1n) is 11.9. The molecule has 1 aliphatic heterocycles. The van der Waals surface area contributed by atoms with Crippen molar-refractivity contribution in [3.8, 4) is 5.69 Å². The quantitative estimate of drug-likeness (QED) is 0.355.